The quantitative estimate of drug-likeness (QED) is 0.852. The van der Waals surface area contributed by atoms with E-state index in [9.17, 15) is 9.65 Å². The molecule has 1 aromatic rings. The van der Waals surface area contributed by atoms with Crippen molar-refractivity contribution >= 4 is 5.69 Å². The summed E-state index contributed by atoms with van der Waals surface area (Å²) in [5, 5.41) is 12.7. The van der Waals surface area contributed by atoms with E-state index in [0.29, 0.717) is 5.69 Å². The number of nitriles is 1. The van der Waals surface area contributed by atoms with E-state index in [1.54, 1.807) is 6.07 Å². The Morgan fingerprint density at radius 2 is 2.11 bits per heavy atom. The fourth-order valence-electron chi connectivity index (χ4n) is 2.94. The van der Waals surface area contributed by atoms with E-state index in [1.165, 1.54) is 12.1 Å². The smallest absolute Gasteiger partial charge is 0.125 e. The molecule has 0 amide bonds. The molecule has 0 heterocycles. The third-order valence-corrected chi connectivity index (χ3v) is 3.66. The highest BCUT2D eigenvalue weighted by molar-refractivity contribution is 5.48. The van der Waals surface area contributed by atoms with E-state index < -0.39 is 5.54 Å². The van der Waals surface area contributed by atoms with Crippen molar-refractivity contribution in [1.82, 2.24) is 0 Å². The molecule has 0 aliphatic heterocycles. The standard InChI is InChI=1S/C15H19FN2/c1-14(2)7-4-8-15(10-14,11-17)18-13-6-3-5-12(16)9-13/h3,5-6,9,18H,4,7-8,10H2,1-2H3. The van der Waals surface area contributed by atoms with Gasteiger partial charge in [-0.05, 0) is 49.3 Å². The maximum atomic E-state index is 13.2. The van der Waals surface area contributed by atoms with Gasteiger partial charge in [-0.25, -0.2) is 4.39 Å². The predicted octanol–water partition coefficient (Wildman–Crippen LogP) is 4.10. The SMILES string of the molecule is CC1(C)CCCC(C#N)(Nc2cccc(F)c2)C1. The molecule has 1 aliphatic rings. The van der Waals surface area contributed by atoms with Crippen LogP contribution in [0.15, 0.2) is 24.3 Å². The Kier molecular flexibility index (Phi) is 3.30. The van der Waals surface area contributed by atoms with E-state index in [4.69, 9.17) is 0 Å². The van der Waals surface area contributed by atoms with Crippen LogP contribution in [0.25, 0.3) is 0 Å². The van der Waals surface area contributed by atoms with Gasteiger partial charge < -0.3 is 5.32 Å². The summed E-state index contributed by atoms with van der Waals surface area (Å²) in [7, 11) is 0. The van der Waals surface area contributed by atoms with Crippen LogP contribution in [0.2, 0.25) is 0 Å². The van der Waals surface area contributed by atoms with Crippen LogP contribution in [0, 0.1) is 22.6 Å². The minimum absolute atomic E-state index is 0.161. The largest absolute Gasteiger partial charge is 0.367 e. The summed E-state index contributed by atoms with van der Waals surface area (Å²) in [6, 6.07) is 8.74. The van der Waals surface area contributed by atoms with Crippen LogP contribution in [-0.4, -0.2) is 5.54 Å². The molecule has 1 unspecified atom stereocenters. The minimum atomic E-state index is -0.560. The Morgan fingerprint density at radius 3 is 2.72 bits per heavy atom. The second-order valence-electron chi connectivity index (χ2n) is 6.02. The van der Waals surface area contributed by atoms with Crippen LogP contribution in [0.1, 0.15) is 39.5 Å². The molecule has 0 aromatic heterocycles. The number of hydrogen-bond donors (Lipinski definition) is 1. The molecule has 0 bridgehead atoms. The molecule has 1 aromatic carbocycles. The summed E-state index contributed by atoms with van der Waals surface area (Å²) in [6.07, 6.45) is 3.79. The first-order valence-electron chi connectivity index (χ1n) is 6.40. The molecule has 1 saturated carbocycles. The molecule has 0 radical (unpaired) electrons. The average molecular weight is 246 g/mol. The van der Waals surface area contributed by atoms with Crippen LogP contribution >= 0.6 is 0 Å². The summed E-state index contributed by atoms with van der Waals surface area (Å²) < 4.78 is 13.2. The maximum absolute atomic E-state index is 13.2. The van der Waals surface area contributed by atoms with Crippen LogP contribution < -0.4 is 5.32 Å². The third kappa shape index (κ3) is 2.81. The highest BCUT2D eigenvalue weighted by Gasteiger charge is 2.40. The fourth-order valence-corrected chi connectivity index (χ4v) is 2.94. The Hall–Kier alpha value is -1.56. The maximum Gasteiger partial charge on any atom is 0.125 e. The topological polar surface area (TPSA) is 35.8 Å². The molecule has 1 N–H and O–H groups in total. The Bertz CT molecular complexity index is 476. The number of rotatable bonds is 2. The molecular formula is C15H19FN2. The van der Waals surface area contributed by atoms with Crippen molar-refractivity contribution in [3.05, 3.63) is 30.1 Å². The van der Waals surface area contributed by atoms with Crippen molar-refractivity contribution in [3.63, 3.8) is 0 Å². The molecule has 2 nitrogen and oxygen atoms in total. The highest BCUT2D eigenvalue weighted by atomic mass is 19.1. The van der Waals surface area contributed by atoms with Crippen molar-refractivity contribution in [2.75, 3.05) is 5.32 Å². The zero-order chi connectivity index (χ0) is 13.2. The monoisotopic (exact) mass is 246 g/mol. The lowest BCUT2D eigenvalue weighted by atomic mass is 9.68. The molecule has 0 saturated heterocycles. The number of hydrogen-bond acceptors (Lipinski definition) is 2. The highest BCUT2D eigenvalue weighted by Crippen LogP contribution is 2.42. The van der Waals surface area contributed by atoms with Gasteiger partial charge in [0.2, 0.25) is 0 Å². The normalized spacial score (nSPS) is 26.3. The number of anilines is 1. The zero-order valence-electron chi connectivity index (χ0n) is 11.0. The Labute approximate surface area is 108 Å². The molecular weight excluding hydrogens is 227 g/mol. The van der Waals surface area contributed by atoms with Gasteiger partial charge in [-0.2, -0.15) is 5.26 Å². The summed E-state index contributed by atoms with van der Waals surface area (Å²) >= 11 is 0. The molecule has 96 valence electrons. The molecule has 1 atom stereocenters. The second kappa shape index (κ2) is 4.61. The van der Waals surface area contributed by atoms with Crippen LogP contribution in [0.4, 0.5) is 10.1 Å². The molecule has 3 heteroatoms. The summed E-state index contributed by atoms with van der Waals surface area (Å²) in [6.45, 7) is 4.37. The first-order valence-corrected chi connectivity index (χ1v) is 6.40. The lowest BCUT2D eigenvalue weighted by Crippen LogP contribution is -2.44. The van der Waals surface area contributed by atoms with Crippen molar-refractivity contribution in [3.8, 4) is 6.07 Å². The van der Waals surface area contributed by atoms with E-state index >= 15 is 0 Å². The van der Waals surface area contributed by atoms with Gasteiger partial charge >= 0.3 is 0 Å². The van der Waals surface area contributed by atoms with Crippen molar-refractivity contribution in [2.24, 2.45) is 5.41 Å². The van der Waals surface area contributed by atoms with Gasteiger partial charge in [0.1, 0.15) is 11.4 Å². The van der Waals surface area contributed by atoms with Crippen LogP contribution in [0.5, 0.6) is 0 Å². The van der Waals surface area contributed by atoms with Gasteiger partial charge in [-0.15, -0.1) is 0 Å². The Morgan fingerprint density at radius 1 is 1.33 bits per heavy atom. The molecule has 0 spiro atoms. The second-order valence-corrected chi connectivity index (χ2v) is 6.02. The van der Waals surface area contributed by atoms with Gasteiger partial charge in [0.15, 0.2) is 0 Å². The molecule has 1 fully saturated rings. The van der Waals surface area contributed by atoms with E-state index in [0.717, 1.165) is 25.7 Å². The van der Waals surface area contributed by atoms with E-state index in [-0.39, 0.29) is 11.2 Å². The molecule has 1 aliphatic carbocycles. The van der Waals surface area contributed by atoms with Gasteiger partial charge in [0, 0.05) is 5.69 Å². The first kappa shape index (κ1) is 12.9. The summed E-state index contributed by atoms with van der Waals surface area (Å²) in [5.41, 5.74) is 0.290. The van der Waals surface area contributed by atoms with Crippen molar-refractivity contribution in [2.45, 2.75) is 45.1 Å². The summed E-state index contributed by atoms with van der Waals surface area (Å²) in [5.74, 6) is -0.275. The van der Waals surface area contributed by atoms with E-state index in [1.807, 2.05) is 6.07 Å². The van der Waals surface area contributed by atoms with Gasteiger partial charge in [0.05, 0.1) is 6.07 Å². The average Bonchev–Trinajstić information content (AvgIpc) is 2.27. The molecule has 18 heavy (non-hydrogen) atoms. The van der Waals surface area contributed by atoms with E-state index in [2.05, 4.69) is 25.2 Å². The zero-order valence-corrected chi connectivity index (χ0v) is 11.0. The number of halogens is 1. The summed E-state index contributed by atoms with van der Waals surface area (Å²) in [4.78, 5) is 0. The fraction of sp³-hybridized carbons (Fsp3) is 0.533. The number of nitrogens with one attached hydrogen (secondary N) is 1. The van der Waals surface area contributed by atoms with Crippen LogP contribution in [-0.2, 0) is 0 Å². The first-order chi connectivity index (χ1) is 8.45. The van der Waals surface area contributed by atoms with Crippen LogP contribution in [0.3, 0.4) is 0 Å². The van der Waals surface area contributed by atoms with Crippen molar-refractivity contribution < 1.29 is 4.39 Å². The molecule has 2 rings (SSSR count). The lowest BCUT2D eigenvalue weighted by molar-refractivity contribution is 0.197. The number of benzene rings is 1. The third-order valence-electron chi connectivity index (χ3n) is 3.66. The van der Waals surface area contributed by atoms with Gasteiger partial charge in [-0.3, -0.25) is 0 Å². The van der Waals surface area contributed by atoms with Crippen molar-refractivity contribution in [1.29, 1.82) is 5.26 Å². The predicted molar refractivity (Wildman–Crippen MR) is 70.6 cm³/mol. The Balaban J connectivity index is 2.21. The number of nitrogens with zero attached hydrogens (tertiary/aromatic N) is 1. The minimum Gasteiger partial charge on any atom is -0.367 e. The van der Waals surface area contributed by atoms with Gasteiger partial charge in [0.25, 0.3) is 0 Å². The lowest BCUT2D eigenvalue weighted by Gasteiger charge is -2.41. The van der Waals surface area contributed by atoms with Gasteiger partial charge in [-0.1, -0.05) is 19.9 Å².